The maximum absolute atomic E-state index is 12.7. The maximum Gasteiger partial charge on any atom is 0.453 e. The van der Waals surface area contributed by atoms with Crippen LogP contribution in [0.1, 0.15) is 117 Å². The van der Waals surface area contributed by atoms with Crippen LogP contribution in [0.5, 0.6) is 0 Å². The number of unbranched alkanes of at least 4 members (excludes halogenated alkanes) is 11. The van der Waals surface area contributed by atoms with E-state index in [4.69, 9.17) is 4.74 Å². The standard InChI is InChI=1S/C23H43F5O/c1-21(2,3)17-13-9-7-5-4-6-8-11-15-19-29-20-16-12-10-14-18-22(24,25)23(26,27)28/h4-20H2,1-3H3. The molecule has 0 N–H and O–H groups in total. The minimum absolute atomic E-state index is 0.108. The second kappa shape index (κ2) is 15.4. The summed E-state index contributed by atoms with van der Waals surface area (Å²) in [4.78, 5) is 0. The van der Waals surface area contributed by atoms with Crippen molar-refractivity contribution in [2.24, 2.45) is 5.41 Å². The Kier molecular flexibility index (Phi) is 15.2. The van der Waals surface area contributed by atoms with Gasteiger partial charge in [0.25, 0.3) is 0 Å². The lowest BCUT2D eigenvalue weighted by Gasteiger charge is -2.19. The number of hydrogen-bond acceptors (Lipinski definition) is 1. The smallest absolute Gasteiger partial charge is 0.381 e. The highest BCUT2D eigenvalue weighted by molar-refractivity contribution is 4.75. The fourth-order valence-corrected chi connectivity index (χ4v) is 3.25. The average molecular weight is 431 g/mol. The molecule has 0 aromatic carbocycles. The van der Waals surface area contributed by atoms with E-state index in [9.17, 15) is 22.0 Å². The van der Waals surface area contributed by atoms with Gasteiger partial charge in [-0.25, -0.2) is 0 Å². The number of halogens is 5. The Morgan fingerprint density at radius 1 is 0.483 bits per heavy atom. The Hall–Kier alpha value is -0.390. The predicted molar refractivity (Wildman–Crippen MR) is 111 cm³/mol. The number of rotatable bonds is 18. The van der Waals surface area contributed by atoms with E-state index in [2.05, 4.69) is 20.8 Å². The lowest BCUT2D eigenvalue weighted by atomic mass is 9.89. The van der Waals surface area contributed by atoms with E-state index in [1.54, 1.807) is 0 Å². The van der Waals surface area contributed by atoms with Gasteiger partial charge in [0.2, 0.25) is 0 Å². The van der Waals surface area contributed by atoms with E-state index >= 15 is 0 Å². The molecule has 0 radical (unpaired) electrons. The minimum Gasteiger partial charge on any atom is -0.381 e. The van der Waals surface area contributed by atoms with Crippen LogP contribution in [-0.2, 0) is 4.74 Å². The van der Waals surface area contributed by atoms with Gasteiger partial charge in [0.15, 0.2) is 0 Å². The quantitative estimate of drug-likeness (QED) is 0.156. The summed E-state index contributed by atoms with van der Waals surface area (Å²) in [5.74, 6) is -4.56. The summed E-state index contributed by atoms with van der Waals surface area (Å²) in [6.45, 7) is 8.15. The highest BCUT2D eigenvalue weighted by Crippen LogP contribution is 2.39. The second-order valence-corrected chi connectivity index (χ2v) is 9.47. The molecule has 1 nitrogen and oxygen atoms in total. The monoisotopic (exact) mass is 430 g/mol. The highest BCUT2D eigenvalue weighted by Gasteiger charge is 2.56. The van der Waals surface area contributed by atoms with Gasteiger partial charge < -0.3 is 4.74 Å². The van der Waals surface area contributed by atoms with Crippen LogP contribution in [-0.4, -0.2) is 25.3 Å². The Labute approximate surface area is 175 Å². The Morgan fingerprint density at radius 3 is 1.21 bits per heavy atom. The third kappa shape index (κ3) is 18.1. The summed E-state index contributed by atoms with van der Waals surface area (Å²) in [6, 6.07) is 0. The number of ether oxygens (including phenoxy) is 1. The van der Waals surface area contributed by atoms with Gasteiger partial charge in [0, 0.05) is 19.6 Å². The Bertz CT molecular complexity index is 374. The molecule has 0 atom stereocenters. The van der Waals surface area contributed by atoms with Crippen molar-refractivity contribution >= 4 is 0 Å². The zero-order valence-electron chi connectivity index (χ0n) is 18.8. The molecule has 0 aromatic rings. The fraction of sp³-hybridized carbons (Fsp3) is 1.00. The van der Waals surface area contributed by atoms with Crippen molar-refractivity contribution in [3.63, 3.8) is 0 Å². The Balaban J connectivity index is 3.23. The van der Waals surface area contributed by atoms with Gasteiger partial charge in [-0.15, -0.1) is 0 Å². The molecule has 176 valence electrons. The van der Waals surface area contributed by atoms with E-state index in [0.717, 1.165) is 12.8 Å². The fourth-order valence-electron chi connectivity index (χ4n) is 3.25. The normalized spacial score (nSPS) is 13.2. The molecule has 0 aliphatic carbocycles. The van der Waals surface area contributed by atoms with Crippen LogP contribution < -0.4 is 0 Å². The molecule has 0 saturated carbocycles. The van der Waals surface area contributed by atoms with Crippen molar-refractivity contribution < 1.29 is 26.7 Å². The van der Waals surface area contributed by atoms with Crippen LogP contribution in [0.25, 0.3) is 0 Å². The Morgan fingerprint density at radius 2 is 0.828 bits per heavy atom. The second-order valence-electron chi connectivity index (χ2n) is 9.47. The van der Waals surface area contributed by atoms with E-state index in [1.165, 1.54) is 51.4 Å². The highest BCUT2D eigenvalue weighted by atomic mass is 19.4. The largest absolute Gasteiger partial charge is 0.453 e. The average Bonchev–Trinajstić information content (AvgIpc) is 2.58. The summed E-state index contributed by atoms with van der Waals surface area (Å²) in [6.07, 6.45) is 7.74. The molecule has 0 bridgehead atoms. The molecule has 0 saturated heterocycles. The van der Waals surface area contributed by atoms with Gasteiger partial charge >= 0.3 is 12.1 Å². The lowest BCUT2D eigenvalue weighted by molar-refractivity contribution is -0.284. The third-order valence-electron chi connectivity index (χ3n) is 5.16. The number of hydrogen-bond donors (Lipinski definition) is 0. The first-order valence-electron chi connectivity index (χ1n) is 11.5. The topological polar surface area (TPSA) is 9.23 Å². The van der Waals surface area contributed by atoms with Crippen LogP contribution in [0.2, 0.25) is 0 Å². The van der Waals surface area contributed by atoms with Gasteiger partial charge in [-0.3, -0.25) is 0 Å². The summed E-state index contributed by atoms with van der Waals surface area (Å²) < 4.78 is 67.0. The van der Waals surface area contributed by atoms with Gasteiger partial charge in [-0.05, 0) is 31.1 Å². The van der Waals surface area contributed by atoms with Crippen molar-refractivity contribution in [1.82, 2.24) is 0 Å². The van der Waals surface area contributed by atoms with Crippen LogP contribution in [0.15, 0.2) is 0 Å². The molecule has 0 heterocycles. The molecular formula is C23H43F5O. The van der Waals surface area contributed by atoms with Crippen LogP contribution in [0, 0.1) is 5.41 Å². The zero-order valence-corrected chi connectivity index (χ0v) is 18.8. The van der Waals surface area contributed by atoms with Crippen molar-refractivity contribution in [2.45, 2.75) is 129 Å². The summed E-state index contributed by atoms with van der Waals surface area (Å²) in [5.41, 5.74) is 0.455. The van der Waals surface area contributed by atoms with Gasteiger partial charge in [-0.2, -0.15) is 22.0 Å². The third-order valence-corrected chi connectivity index (χ3v) is 5.16. The first-order chi connectivity index (χ1) is 13.5. The molecule has 0 amide bonds. The summed E-state index contributed by atoms with van der Waals surface area (Å²) in [5, 5.41) is 0. The molecule has 0 unspecified atom stereocenters. The van der Waals surface area contributed by atoms with Crippen LogP contribution >= 0.6 is 0 Å². The van der Waals surface area contributed by atoms with Gasteiger partial charge in [0.05, 0.1) is 0 Å². The number of alkyl halides is 5. The molecular weight excluding hydrogens is 387 g/mol. The van der Waals surface area contributed by atoms with Crippen molar-refractivity contribution in [1.29, 1.82) is 0 Å². The maximum atomic E-state index is 12.7. The molecule has 0 aliphatic rings. The van der Waals surface area contributed by atoms with E-state index in [0.29, 0.717) is 37.9 Å². The van der Waals surface area contributed by atoms with Crippen molar-refractivity contribution in [3.8, 4) is 0 Å². The van der Waals surface area contributed by atoms with E-state index in [-0.39, 0.29) is 6.42 Å². The summed E-state index contributed by atoms with van der Waals surface area (Å²) >= 11 is 0. The van der Waals surface area contributed by atoms with E-state index in [1.807, 2.05) is 0 Å². The molecule has 6 heteroatoms. The molecule has 0 aromatic heterocycles. The van der Waals surface area contributed by atoms with Crippen molar-refractivity contribution in [2.75, 3.05) is 13.2 Å². The minimum atomic E-state index is -5.43. The van der Waals surface area contributed by atoms with Gasteiger partial charge in [-0.1, -0.05) is 85.0 Å². The SMILES string of the molecule is CC(C)(C)CCCCCCCCCCCOCCCCCCC(F)(F)C(F)(F)F. The molecule has 0 spiro atoms. The predicted octanol–water partition coefficient (Wildman–Crippen LogP) is 9.10. The molecule has 29 heavy (non-hydrogen) atoms. The molecule has 0 aliphatic heterocycles. The summed E-state index contributed by atoms with van der Waals surface area (Å²) in [7, 11) is 0. The first kappa shape index (κ1) is 28.6. The zero-order chi connectivity index (χ0) is 22.2. The van der Waals surface area contributed by atoms with Gasteiger partial charge in [0.1, 0.15) is 0 Å². The van der Waals surface area contributed by atoms with Crippen LogP contribution in [0.4, 0.5) is 22.0 Å². The lowest BCUT2D eigenvalue weighted by Crippen LogP contribution is -2.36. The first-order valence-corrected chi connectivity index (χ1v) is 11.5. The molecule has 0 rings (SSSR count). The van der Waals surface area contributed by atoms with Crippen molar-refractivity contribution in [3.05, 3.63) is 0 Å². The van der Waals surface area contributed by atoms with E-state index < -0.39 is 18.5 Å². The molecule has 0 fully saturated rings. The van der Waals surface area contributed by atoms with Crippen LogP contribution in [0.3, 0.4) is 0 Å².